The molecular formula is C10H13NO2. The highest BCUT2D eigenvalue weighted by Gasteiger charge is 2.30. The minimum absolute atomic E-state index is 0.0567. The van der Waals surface area contributed by atoms with Gasteiger partial charge in [0.1, 0.15) is 6.10 Å². The highest BCUT2D eigenvalue weighted by atomic mass is 16.5. The lowest BCUT2D eigenvalue weighted by atomic mass is 9.87. The number of aliphatic hydroxyl groups is 1. The average molecular weight is 179 g/mol. The summed E-state index contributed by atoms with van der Waals surface area (Å²) in [5.74, 6) is 0.170. The van der Waals surface area contributed by atoms with Crippen molar-refractivity contribution in [2.24, 2.45) is 11.7 Å². The van der Waals surface area contributed by atoms with Gasteiger partial charge in [0, 0.05) is 12.5 Å². The summed E-state index contributed by atoms with van der Waals surface area (Å²) in [6, 6.07) is 0. The summed E-state index contributed by atoms with van der Waals surface area (Å²) in [5, 5.41) is 9.61. The summed E-state index contributed by atoms with van der Waals surface area (Å²) in [7, 11) is 0. The third-order valence-corrected chi connectivity index (χ3v) is 2.46. The molecule has 2 rings (SSSR count). The van der Waals surface area contributed by atoms with E-state index in [0.717, 1.165) is 5.57 Å². The standard InChI is InChI=1S/C10H13NO2/c11-6-9(12)7-2-1-3-10-8(7)4-5-13-10/h1-5,8-10,12H,6,11H2. The van der Waals surface area contributed by atoms with E-state index in [1.807, 2.05) is 24.3 Å². The van der Waals surface area contributed by atoms with Crippen LogP contribution in [0.1, 0.15) is 0 Å². The number of hydrogen-bond donors (Lipinski definition) is 2. The Morgan fingerprint density at radius 3 is 3.15 bits per heavy atom. The first-order chi connectivity index (χ1) is 6.33. The lowest BCUT2D eigenvalue weighted by Gasteiger charge is -2.24. The summed E-state index contributed by atoms with van der Waals surface area (Å²) < 4.78 is 5.32. The molecule has 3 atom stereocenters. The molecule has 0 amide bonds. The normalized spacial score (nSPS) is 32.3. The van der Waals surface area contributed by atoms with Gasteiger partial charge < -0.3 is 15.6 Å². The van der Waals surface area contributed by atoms with Gasteiger partial charge in [-0.15, -0.1) is 0 Å². The first-order valence-electron chi connectivity index (χ1n) is 4.41. The Bertz CT molecular complexity index is 281. The van der Waals surface area contributed by atoms with Crippen molar-refractivity contribution in [2.75, 3.05) is 6.54 Å². The third-order valence-electron chi connectivity index (χ3n) is 2.46. The van der Waals surface area contributed by atoms with Crippen LogP contribution in [0.25, 0.3) is 0 Å². The zero-order chi connectivity index (χ0) is 9.26. The van der Waals surface area contributed by atoms with E-state index in [0.29, 0.717) is 0 Å². The second kappa shape index (κ2) is 3.36. The molecule has 13 heavy (non-hydrogen) atoms. The lowest BCUT2D eigenvalue weighted by Crippen LogP contribution is -2.30. The fraction of sp³-hybridized carbons (Fsp3) is 0.400. The van der Waals surface area contributed by atoms with Crippen molar-refractivity contribution in [3.05, 3.63) is 36.1 Å². The maximum Gasteiger partial charge on any atom is 0.126 e. The van der Waals surface area contributed by atoms with Crippen LogP contribution >= 0.6 is 0 Å². The number of ether oxygens (including phenoxy) is 1. The monoisotopic (exact) mass is 179 g/mol. The average Bonchev–Trinajstić information content (AvgIpc) is 2.63. The number of hydrogen-bond acceptors (Lipinski definition) is 3. The predicted molar refractivity (Wildman–Crippen MR) is 49.8 cm³/mol. The molecule has 0 fully saturated rings. The van der Waals surface area contributed by atoms with Gasteiger partial charge in [0.25, 0.3) is 0 Å². The summed E-state index contributed by atoms with van der Waals surface area (Å²) >= 11 is 0. The van der Waals surface area contributed by atoms with Gasteiger partial charge in [0.2, 0.25) is 0 Å². The van der Waals surface area contributed by atoms with Crippen molar-refractivity contribution in [3.8, 4) is 0 Å². The van der Waals surface area contributed by atoms with E-state index in [-0.39, 0.29) is 18.6 Å². The summed E-state index contributed by atoms with van der Waals surface area (Å²) in [6.45, 7) is 0.261. The van der Waals surface area contributed by atoms with E-state index in [1.54, 1.807) is 6.26 Å². The van der Waals surface area contributed by atoms with E-state index >= 15 is 0 Å². The Hall–Kier alpha value is -1.06. The van der Waals surface area contributed by atoms with Crippen molar-refractivity contribution < 1.29 is 9.84 Å². The molecule has 0 spiro atoms. The molecule has 70 valence electrons. The Labute approximate surface area is 77.2 Å². The molecule has 0 aromatic rings. The van der Waals surface area contributed by atoms with Crippen LogP contribution in [-0.4, -0.2) is 23.9 Å². The van der Waals surface area contributed by atoms with E-state index in [1.165, 1.54) is 0 Å². The third kappa shape index (κ3) is 1.41. The minimum atomic E-state index is -0.552. The smallest absolute Gasteiger partial charge is 0.126 e. The van der Waals surface area contributed by atoms with E-state index in [4.69, 9.17) is 10.5 Å². The summed E-state index contributed by atoms with van der Waals surface area (Å²) in [5.41, 5.74) is 6.35. The first-order valence-corrected chi connectivity index (χ1v) is 4.41. The van der Waals surface area contributed by atoms with Crippen LogP contribution in [0.4, 0.5) is 0 Å². The van der Waals surface area contributed by atoms with Crippen molar-refractivity contribution >= 4 is 0 Å². The second-order valence-electron chi connectivity index (χ2n) is 3.26. The zero-order valence-corrected chi connectivity index (χ0v) is 7.26. The maximum absolute atomic E-state index is 9.61. The zero-order valence-electron chi connectivity index (χ0n) is 7.26. The Morgan fingerprint density at radius 1 is 1.54 bits per heavy atom. The topological polar surface area (TPSA) is 55.5 Å². The fourth-order valence-electron chi connectivity index (χ4n) is 1.74. The molecule has 0 bridgehead atoms. The van der Waals surface area contributed by atoms with E-state index in [2.05, 4.69) is 0 Å². The van der Waals surface area contributed by atoms with Crippen molar-refractivity contribution in [3.63, 3.8) is 0 Å². The molecule has 3 heteroatoms. The van der Waals surface area contributed by atoms with Gasteiger partial charge in [-0.3, -0.25) is 0 Å². The van der Waals surface area contributed by atoms with Gasteiger partial charge in [-0.1, -0.05) is 12.2 Å². The molecule has 1 aliphatic heterocycles. The SMILES string of the molecule is NCC(O)C1=CC=CC2OC=CC12. The highest BCUT2D eigenvalue weighted by Crippen LogP contribution is 2.30. The second-order valence-corrected chi connectivity index (χ2v) is 3.26. The Morgan fingerprint density at radius 2 is 2.38 bits per heavy atom. The molecule has 3 unspecified atom stereocenters. The van der Waals surface area contributed by atoms with Crippen LogP contribution in [-0.2, 0) is 4.74 Å². The summed E-state index contributed by atoms with van der Waals surface area (Å²) in [4.78, 5) is 0. The minimum Gasteiger partial charge on any atom is -0.493 e. The number of aliphatic hydroxyl groups excluding tert-OH is 1. The van der Waals surface area contributed by atoms with Gasteiger partial charge in [0.15, 0.2) is 0 Å². The molecule has 3 N–H and O–H groups in total. The molecule has 0 saturated heterocycles. The number of fused-ring (bicyclic) bond motifs is 1. The number of nitrogens with two attached hydrogens (primary N) is 1. The van der Waals surface area contributed by atoms with Crippen LogP contribution in [0.2, 0.25) is 0 Å². The van der Waals surface area contributed by atoms with Crippen LogP contribution in [0, 0.1) is 5.92 Å². The highest BCUT2D eigenvalue weighted by molar-refractivity contribution is 5.32. The van der Waals surface area contributed by atoms with Crippen LogP contribution in [0.5, 0.6) is 0 Å². The predicted octanol–water partition coefficient (Wildman–Crippen LogP) is 0.331. The van der Waals surface area contributed by atoms with Gasteiger partial charge in [-0.2, -0.15) is 0 Å². The molecule has 0 saturated carbocycles. The van der Waals surface area contributed by atoms with Crippen molar-refractivity contribution in [1.29, 1.82) is 0 Å². The molecule has 0 radical (unpaired) electrons. The Kier molecular flexibility index (Phi) is 2.20. The van der Waals surface area contributed by atoms with Crippen LogP contribution in [0.3, 0.4) is 0 Å². The molecule has 2 aliphatic rings. The molecule has 1 aliphatic carbocycles. The molecule has 3 nitrogen and oxygen atoms in total. The lowest BCUT2D eigenvalue weighted by molar-refractivity contribution is 0.159. The largest absolute Gasteiger partial charge is 0.493 e. The van der Waals surface area contributed by atoms with Crippen LogP contribution in [0.15, 0.2) is 36.1 Å². The quantitative estimate of drug-likeness (QED) is 0.642. The van der Waals surface area contributed by atoms with Crippen molar-refractivity contribution in [2.45, 2.75) is 12.2 Å². The van der Waals surface area contributed by atoms with E-state index < -0.39 is 6.10 Å². The van der Waals surface area contributed by atoms with Gasteiger partial charge in [-0.05, 0) is 17.7 Å². The molecule has 0 aromatic heterocycles. The molecule has 0 aromatic carbocycles. The fourth-order valence-corrected chi connectivity index (χ4v) is 1.74. The maximum atomic E-state index is 9.61. The van der Waals surface area contributed by atoms with Gasteiger partial charge in [-0.25, -0.2) is 0 Å². The van der Waals surface area contributed by atoms with Gasteiger partial charge in [0.05, 0.1) is 12.4 Å². The van der Waals surface area contributed by atoms with E-state index in [9.17, 15) is 5.11 Å². The Balaban J connectivity index is 2.21. The number of rotatable bonds is 2. The summed E-state index contributed by atoms with van der Waals surface area (Å²) in [6.07, 6.45) is 8.95. The van der Waals surface area contributed by atoms with Gasteiger partial charge >= 0.3 is 0 Å². The van der Waals surface area contributed by atoms with Crippen molar-refractivity contribution in [1.82, 2.24) is 0 Å². The van der Waals surface area contributed by atoms with Crippen LogP contribution < -0.4 is 5.73 Å². The number of allylic oxidation sites excluding steroid dienone is 2. The molecular weight excluding hydrogens is 166 g/mol. The first kappa shape index (κ1) is 8.53. The molecule has 1 heterocycles.